The molecule has 0 rings (SSSR count). The van der Waals surface area contributed by atoms with Gasteiger partial charge in [0.1, 0.15) is 6.04 Å². The monoisotopic (exact) mass is 216 g/mol. The summed E-state index contributed by atoms with van der Waals surface area (Å²) in [5, 5.41) is 14.2. The van der Waals surface area contributed by atoms with Crippen molar-refractivity contribution < 1.29 is 14.7 Å². The third kappa shape index (κ3) is 6.06. The molecule has 0 aliphatic rings. The lowest BCUT2D eigenvalue weighted by Gasteiger charge is -2.18. The summed E-state index contributed by atoms with van der Waals surface area (Å²) in [4.78, 5) is 22.0. The molecule has 0 aliphatic heterocycles. The number of hydrogen-bond donors (Lipinski definition) is 3. The predicted octanol–water partition coefficient (Wildman–Crippen LogP) is 0.210. The van der Waals surface area contributed by atoms with Crippen molar-refractivity contribution in [3.8, 4) is 0 Å². The van der Waals surface area contributed by atoms with Crippen LogP contribution in [0.5, 0.6) is 0 Å². The van der Waals surface area contributed by atoms with Crippen LogP contribution in [0, 0.1) is 5.92 Å². The zero-order chi connectivity index (χ0) is 12.0. The lowest BCUT2D eigenvalue weighted by atomic mass is 10.1. The minimum Gasteiger partial charge on any atom is -0.480 e. The van der Waals surface area contributed by atoms with E-state index in [2.05, 4.69) is 10.6 Å². The molecule has 0 saturated heterocycles. The molecule has 0 fully saturated rings. The van der Waals surface area contributed by atoms with Gasteiger partial charge in [0.25, 0.3) is 0 Å². The van der Waals surface area contributed by atoms with Crippen LogP contribution in [0.1, 0.15) is 27.7 Å². The minimum atomic E-state index is -0.928. The van der Waals surface area contributed by atoms with Gasteiger partial charge in [0.15, 0.2) is 0 Å². The van der Waals surface area contributed by atoms with Crippen molar-refractivity contribution in [2.75, 3.05) is 6.54 Å². The SMILES string of the molecule is CC(C)NC(=O)CNC(C(=O)O)C(C)C. The molecule has 1 amide bonds. The topological polar surface area (TPSA) is 78.4 Å². The molecule has 5 heteroatoms. The van der Waals surface area contributed by atoms with E-state index in [0.717, 1.165) is 0 Å². The Morgan fingerprint density at radius 2 is 1.73 bits per heavy atom. The molecule has 15 heavy (non-hydrogen) atoms. The molecule has 3 N–H and O–H groups in total. The second kappa shape index (κ2) is 6.40. The van der Waals surface area contributed by atoms with Crippen molar-refractivity contribution in [3.63, 3.8) is 0 Å². The number of carbonyl (C=O) groups excluding carboxylic acids is 1. The Bertz CT molecular complexity index is 227. The Balaban J connectivity index is 4.00. The second-order valence-electron chi connectivity index (χ2n) is 4.16. The molecule has 5 nitrogen and oxygen atoms in total. The van der Waals surface area contributed by atoms with E-state index in [9.17, 15) is 9.59 Å². The van der Waals surface area contributed by atoms with Crippen LogP contribution in [0.4, 0.5) is 0 Å². The summed E-state index contributed by atoms with van der Waals surface area (Å²) in [6.07, 6.45) is 0. The standard InChI is InChI=1S/C10H20N2O3/c1-6(2)9(10(14)15)11-5-8(13)12-7(3)4/h6-7,9,11H,5H2,1-4H3,(H,12,13)(H,14,15). The zero-order valence-corrected chi connectivity index (χ0v) is 9.70. The molecule has 1 unspecified atom stereocenters. The molecule has 0 saturated carbocycles. The Morgan fingerprint density at radius 1 is 1.20 bits per heavy atom. The van der Waals surface area contributed by atoms with E-state index < -0.39 is 12.0 Å². The number of rotatable bonds is 6. The fourth-order valence-corrected chi connectivity index (χ4v) is 1.18. The van der Waals surface area contributed by atoms with E-state index in [1.165, 1.54) is 0 Å². The maximum atomic E-state index is 11.2. The van der Waals surface area contributed by atoms with Gasteiger partial charge in [-0.05, 0) is 19.8 Å². The number of amides is 1. The number of carboxylic acids is 1. The molecule has 88 valence electrons. The van der Waals surface area contributed by atoms with Crippen LogP contribution in [0.25, 0.3) is 0 Å². The van der Waals surface area contributed by atoms with Gasteiger partial charge in [0.05, 0.1) is 6.54 Å². The van der Waals surface area contributed by atoms with Crippen LogP contribution in [0.15, 0.2) is 0 Å². The molecule has 0 aromatic heterocycles. The van der Waals surface area contributed by atoms with E-state index in [1.54, 1.807) is 13.8 Å². The Kier molecular flexibility index (Phi) is 5.93. The van der Waals surface area contributed by atoms with Crippen molar-refractivity contribution in [1.29, 1.82) is 0 Å². The molecule has 0 aromatic rings. The van der Waals surface area contributed by atoms with Crippen LogP contribution >= 0.6 is 0 Å². The van der Waals surface area contributed by atoms with Crippen LogP contribution < -0.4 is 10.6 Å². The van der Waals surface area contributed by atoms with Crippen LogP contribution in [0.2, 0.25) is 0 Å². The summed E-state index contributed by atoms with van der Waals surface area (Å²) < 4.78 is 0. The van der Waals surface area contributed by atoms with Gasteiger partial charge >= 0.3 is 5.97 Å². The Morgan fingerprint density at radius 3 is 2.07 bits per heavy atom. The van der Waals surface area contributed by atoms with E-state index >= 15 is 0 Å². The van der Waals surface area contributed by atoms with Crippen molar-refractivity contribution in [3.05, 3.63) is 0 Å². The van der Waals surface area contributed by atoms with Gasteiger partial charge in [-0.15, -0.1) is 0 Å². The molecule has 0 radical (unpaired) electrons. The first-order chi connectivity index (χ1) is 6.84. The number of carbonyl (C=O) groups is 2. The summed E-state index contributed by atoms with van der Waals surface area (Å²) in [6.45, 7) is 7.34. The van der Waals surface area contributed by atoms with Crippen molar-refractivity contribution in [2.24, 2.45) is 5.92 Å². The van der Waals surface area contributed by atoms with Gasteiger partial charge in [-0.3, -0.25) is 14.9 Å². The van der Waals surface area contributed by atoms with Crippen LogP contribution in [-0.2, 0) is 9.59 Å². The van der Waals surface area contributed by atoms with E-state index in [0.29, 0.717) is 0 Å². The largest absolute Gasteiger partial charge is 0.480 e. The minimum absolute atomic E-state index is 0.0350. The third-order valence-corrected chi connectivity index (χ3v) is 1.86. The van der Waals surface area contributed by atoms with Crippen molar-refractivity contribution >= 4 is 11.9 Å². The molecule has 0 aliphatic carbocycles. The zero-order valence-electron chi connectivity index (χ0n) is 9.70. The Labute approximate surface area is 90.2 Å². The fourth-order valence-electron chi connectivity index (χ4n) is 1.18. The van der Waals surface area contributed by atoms with E-state index in [-0.39, 0.29) is 24.4 Å². The maximum absolute atomic E-state index is 11.2. The number of carboxylic acid groups (broad SMARTS) is 1. The van der Waals surface area contributed by atoms with Crippen molar-refractivity contribution in [2.45, 2.75) is 39.8 Å². The van der Waals surface area contributed by atoms with E-state index in [1.807, 2.05) is 13.8 Å². The summed E-state index contributed by atoms with van der Waals surface area (Å²) in [6, 6.07) is -0.607. The highest BCUT2D eigenvalue weighted by Crippen LogP contribution is 2.00. The average Bonchev–Trinajstić information content (AvgIpc) is 2.00. The summed E-state index contributed by atoms with van der Waals surface area (Å²) in [5.41, 5.74) is 0. The summed E-state index contributed by atoms with van der Waals surface area (Å²) in [5.74, 6) is -1.16. The quantitative estimate of drug-likeness (QED) is 0.593. The maximum Gasteiger partial charge on any atom is 0.320 e. The van der Waals surface area contributed by atoms with Gasteiger partial charge < -0.3 is 10.4 Å². The van der Waals surface area contributed by atoms with Gasteiger partial charge in [-0.2, -0.15) is 0 Å². The first-order valence-electron chi connectivity index (χ1n) is 5.10. The van der Waals surface area contributed by atoms with E-state index in [4.69, 9.17) is 5.11 Å². The smallest absolute Gasteiger partial charge is 0.320 e. The van der Waals surface area contributed by atoms with Gasteiger partial charge in [-0.25, -0.2) is 0 Å². The fraction of sp³-hybridized carbons (Fsp3) is 0.800. The predicted molar refractivity (Wildman–Crippen MR) is 57.5 cm³/mol. The molecule has 0 spiro atoms. The number of hydrogen-bond acceptors (Lipinski definition) is 3. The lowest BCUT2D eigenvalue weighted by molar-refractivity contribution is -0.140. The molecule has 1 atom stereocenters. The summed E-state index contributed by atoms with van der Waals surface area (Å²) >= 11 is 0. The average molecular weight is 216 g/mol. The van der Waals surface area contributed by atoms with Crippen LogP contribution in [0.3, 0.4) is 0 Å². The van der Waals surface area contributed by atoms with Crippen LogP contribution in [-0.4, -0.2) is 35.6 Å². The van der Waals surface area contributed by atoms with Gasteiger partial charge in [0.2, 0.25) is 5.91 Å². The molecule has 0 bridgehead atoms. The lowest BCUT2D eigenvalue weighted by Crippen LogP contribution is -2.46. The van der Waals surface area contributed by atoms with Gasteiger partial charge in [-0.1, -0.05) is 13.8 Å². The second-order valence-corrected chi connectivity index (χ2v) is 4.16. The molecular formula is C10H20N2O3. The van der Waals surface area contributed by atoms with Gasteiger partial charge in [0, 0.05) is 6.04 Å². The third-order valence-electron chi connectivity index (χ3n) is 1.86. The molecule has 0 aromatic carbocycles. The van der Waals surface area contributed by atoms with Crippen molar-refractivity contribution in [1.82, 2.24) is 10.6 Å². The Hall–Kier alpha value is -1.10. The molecular weight excluding hydrogens is 196 g/mol. The number of nitrogens with one attached hydrogen (secondary N) is 2. The first-order valence-corrected chi connectivity index (χ1v) is 5.10. The highest BCUT2D eigenvalue weighted by Gasteiger charge is 2.21. The highest BCUT2D eigenvalue weighted by atomic mass is 16.4. The normalized spacial score (nSPS) is 12.9. The first kappa shape index (κ1) is 13.9. The summed E-state index contributed by atoms with van der Waals surface area (Å²) in [7, 11) is 0. The number of aliphatic carboxylic acids is 1. The highest BCUT2D eigenvalue weighted by molar-refractivity contribution is 5.80. The molecule has 0 heterocycles.